The number of halogens is 1. The maximum absolute atomic E-state index is 12.8. The molecule has 0 saturated heterocycles. The van der Waals surface area contributed by atoms with Gasteiger partial charge in [-0.15, -0.1) is 0 Å². The standard InChI is InChI=1S/C13H15ClN4O2S/c1-17-13(11(14)7-16-17)21(19,20)18-6-5-9-3-2-4-12(15)10(9)8-18/h2-4,7H,5-6,8,15H2,1H3. The molecule has 0 spiro atoms. The Hall–Kier alpha value is -1.57. The van der Waals surface area contributed by atoms with Crippen molar-refractivity contribution in [1.82, 2.24) is 14.1 Å². The Labute approximate surface area is 128 Å². The van der Waals surface area contributed by atoms with Gasteiger partial charge >= 0.3 is 0 Å². The number of benzene rings is 1. The van der Waals surface area contributed by atoms with E-state index in [1.807, 2.05) is 12.1 Å². The van der Waals surface area contributed by atoms with Gasteiger partial charge in [0.05, 0.1) is 11.2 Å². The maximum atomic E-state index is 12.8. The second-order valence-electron chi connectivity index (χ2n) is 4.99. The van der Waals surface area contributed by atoms with Crippen LogP contribution < -0.4 is 5.73 Å². The van der Waals surface area contributed by atoms with Crippen LogP contribution in [0.3, 0.4) is 0 Å². The van der Waals surface area contributed by atoms with Crippen LogP contribution in [-0.2, 0) is 30.0 Å². The van der Waals surface area contributed by atoms with Gasteiger partial charge in [-0.05, 0) is 23.6 Å². The van der Waals surface area contributed by atoms with Crippen molar-refractivity contribution in [2.24, 2.45) is 7.05 Å². The molecule has 1 aliphatic rings. The molecule has 0 unspecified atom stereocenters. The molecule has 1 aromatic heterocycles. The van der Waals surface area contributed by atoms with Crippen molar-refractivity contribution in [3.8, 4) is 0 Å². The molecule has 2 heterocycles. The fourth-order valence-corrected chi connectivity index (χ4v) is 4.61. The second kappa shape index (κ2) is 5.01. The normalized spacial score (nSPS) is 15.9. The number of aromatic nitrogens is 2. The highest BCUT2D eigenvalue weighted by Crippen LogP contribution is 2.30. The second-order valence-corrected chi connectivity index (χ2v) is 7.26. The summed E-state index contributed by atoms with van der Waals surface area (Å²) in [5, 5.41) is 4.04. The summed E-state index contributed by atoms with van der Waals surface area (Å²) in [5.74, 6) is 0. The minimum Gasteiger partial charge on any atom is -0.398 e. The van der Waals surface area contributed by atoms with Crippen molar-refractivity contribution in [2.45, 2.75) is 18.0 Å². The molecule has 2 N–H and O–H groups in total. The third-order valence-electron chi connectivity index (χ3n) is 3.70. The molecule has 0 aliphatic carbocycles. The van der Waals surface area contributed by atoms with E-state index in [0.29, 0.717) is 18.7 Å². The van der Waals surface area contributed by atoms with Crippen LogP contribution in [0.25, 0.3) is 0 Å². The number of aryl methyl sites for hydroxylation is 1. The van der Waals surface area contributed by atoms with Gasteiger partial charge in [-0.25, -0.2) is 8.42 Å². The van der Waals surface area contributed by atoms with E-state index >= 15 is 0 Å². The minimum atomic E-state index is -3.69. The maximum Gasteiger partial charge on any atom is 0.262 e. The third kappa shape index (κ3) is 2.31. The molecule has 1 aliphatic heterocycles. The van der Waals surface area contributed by atoms with Gasteiger partial charge in [-0.1, -0.05) is 23.7 Å². The first kappa shape index (κ1) is 14.4. The van der Waals surface area contributed by atoms with Crippen LogP contribution in [0, 0.1) is 0 Å². The molecule has 0 bridgehead atoms. The van der Waals surface area contributed by atoms with Crippen LogP contribution in [-0.4, -0.2) is 29.0 Å². The number of nitrogens with two attached hydrogens (primary N) is 1. The fourth-order valence-electron chi connectivity index (χ4n) is 2.60. The molecule has 8 heteroatoms. The monoisotopic (exact) mass is 326 g/mol. The van der Waals surface area contributed by atoms with Crippen LogP contribution >= 0.6 is 11.6 Å². The zero-order valence-electron chi connectivity index (χ0n) is 11.5. The van der Waals surface area contributed by atoms with Gasteiger partial charge < -0.3 is 5.73 Å². The number of hydrogen-bond donors (Lipinski definition) is 1. The lowest BCUT2D eigenvalue weighted by atomic mass is 10.00. The van der Waals surface area contributed by atoms with Gasteiger partial charge in [0, 0.05) is 25.8 Å². The lowest BCUT2D eigenvalue weighted by Gasteiger charge is -2.28. The van der Waals surface area contributed by atoms with Crippen LogP contribution in [0.4, 0.5) is 5.69 Å². The first-order valence-corrected chi connectivity index (χ1v) is 8.27. The SMILES string of the molecule is Cn1ncc(Cl)c1S(=O)(=O)N1CCc2cccc(N)c2C1. The van der Waals surface area contributed by atoms with Crippen LogP contribution in [0.2, 0.25) is 5.02 Å². The average Bonchev–Trinajstić information content (AvgIpc) is 2.79. The number of fused-ring (bicyclic) bond motifs is 1. The predicted molar refractivity (Wildman–Crippen MR) is 80.4 cm³/mol. The number of nitrogen functional groups attached to an aromatic ring is 1. The third-order valence-corrected chi connectivity index (χ3v) is 6.05. The number of rotatable bonds is 2. The molecule has 2 aromatic rings. The van der Waals surface area contributed by atoms with E-state index in [-0.39, 0.29) is 16.6 Å². The molecular formula is C13H15ClN4O2S. The Bertz CT molecular complexity index is 781. The van der Waals surface area contributed by atoms with Crippen LogP contribution in [0.1, 0.15) is 11.1 Å². The largest absolute Gasteiger partial charge is 0.398 e. The molecule has 3 rings (SSSR count). The lowest BCUT2D eigenvalue weighted by Crippen LogP contribution is -2.37. The van der Waals surface area contributed by atoms with Gasteiger partial charge in [0.15, 0.2) is 5.03 Å². The van der Waals surface area contributed by atoms with Crippen LogP contribution in [0.5, 0.6) is 0 Å². The molecule has 0 fully saturated rings. The van der Waals surface area contributed by atoms with Crippen molar-refractivity contribution < 1.29 is 8.42 Å². The number of anilines is 1. The molecule has 0 amide bonds. The Morgan fingerprint density at radius 2 is 2.14 bits per heavy atom. The van der Waals surface area contributed by atoms with Crippen molar-refractivity contribution in [3.63, 3.8) is 0 Å². The van der Waals surface area contributed by atoms with E-state index in [1.54, 1.807) is 13.1 Å². The summed E-state index contributed by atoms with van der Waals surface area (Å²) in [6.45, 7) is 0.659. The summed E-state index contributed by atoms with van der Waals surface area (Å²) in [6.07, 6.45) is 1.97. The highest BCUT2D eigenvalue weighted by molar-refractivity contribution is 7.89. The van der Waals surface area contributed by atoms with E-state index in [2.05, 4.69) is 5.10 Å². The summed E-state index contributed by atoms with van der Waals surface area (Å²) in [6, 6.07) is 5.65. The van der Waals surface area contributed by atoms with E-state index in [4.69, 9.17) is 17.3 Å². The van der Waals surface area contributed by atoms with E-state index in [1.165, 1.54) is 15.2 Å². The Morgan fingerprint density at radius 1 is 1.38 bits per heavy atom. The van der Waals surface area contributed by atoms with Crippen LogP contribution in [0.15, 0.2) is 29.4 Å². The Balaban J connectivity index is 2.01. The summed E-state index contributed by atoms with van der Waals surface area (Å²) < 4.78 is 28.2. The zero-order valence-corrected chi connectivity index (χ0v) is 13.0. The van der Waals surface area contributed by atoms with Crippen molar-refractivity contribution >= 4 is 27.3 Å². The highest BCUT2D eigenvalue weighted by atomic mass is 35.5. The van der Waals surface area contributed by atoms with Crippen molar-refractivity contribution in [2.75, 3.05) is 12.3 Å². The minimum absolute atomic E-state index is 0.0159. The number of nitrogens with zero attached hydrogens (tertiary/aromatic N) is 3. The van der Waals surface area contributed by atoms with E-state index in [9.17, 15) is 8.42 Å². The summed E-state index contributed by atoms with van der Waals surface area (Å²) >= 11 is 5.97. The molecule has 0 radical (unpaired) electrons. The molecule has 1 aromatic carbocycles. The number of sulfonamides is 1. The quantitative estimate of drug-likeness (QED) is 0.846. The summed E-state index contributed by atoms with van der Waals surface area (Å²) in [4.78, 5) is 0. The highest BCUT2D eigenvalue weighted by Gasteiger charge is 2.33. The molecule has 0 atom stereocenters. The van der Waals surface area contributed by atoms with E-state index in [0.717, 1.165) is 11.1 Å². The molecule has 6 nitrogen and oxygen atoms in total. The predicted octanol–water partition coefficient (Wildman–Crippen LogP) is 1.40. The fraction of sp³-hybridized carbons (Fsp3) is 0.308. The molecule has 21 heavy (non-hydrogen) atoms. The van der Waals surface area contributed by atoms with Gasteiger partial charge in [-0.2, -0.15) is 9.40 Å². The topological polar surface area (TPSA) is 81.2 Å². The summed E-state index contributed by atoms with van der Waals surface area (Å²) in [7, 11) is -2.13. The van der Waals surface area contributed by atoms with Gasteiger partial charge in [-0.3, -0.25) is 4.68 Å². The first-order valence-electron chi connectivity index (χ1n) is 6.45. The van der Waals surface area contributed by atoms with Gasteiger partial charge in [0.1, 0.15) is 0 Å². The molecule has 0 saturated carbocycles. The van der Waals surface area contributed by atoms with Gasteiger partial charge in [0.25, 0.3) is 10.0 Å². The average molecular weight is 327 g/mol. The Morgan fingerprint density at radius 3 is 2.81 bits per heavy atom. The van der Waals surface area contributed by atoms with Crippen molar-refractivity contribution in [1.29, 1.82) is 0 Å². The first-order chi connectivity index (χ1) is 9.91. The van der Waals surface area contributed by atoms with E-state index < -0.39 is 10.0 Å². The Kier molecular flexibility index (Phi) is 3.43. The summed E-state index contributed by atoms with van der Waals surface area (Å²) in [5.41, 5.74) is 8.54. The van der Waals surface area contributed by atoms with Gasteiger partial charge in [0.2, 0.25) is 0 Å². The zero-order chi connectivity index (χ0) is 15.2. The lowest BCUT2D eigenvalue weighted by molar-refractivity contribution is 0.387. The van der Waals surface area contributed by atoms with Crippen molar-refractivity contribution in [3.05, 3.63) is 40.5 Å². The molecular weight excluding hydrogens is 312 g/mol. The number of hydrogen-bond acceptors (Lipinski definition) is 4. The smallest absolute Gasteiger partial charge is 0.262 e. The molecule has 112 valence electrons.